The van der Waals surface area contributed by atoms with E-state index < -0.39 is 5.82 Å². The van der Waals surface area contributed by atoms with E-state index in [2.05, 4.69) is 22.9 Å². The van der Waals surface area contributed by atoms with Gasteiger partial charge in [0.25, 0.3) is 5.91 Å². The Morgan fingerprint density at radius 1 is 1.06 bits per heavy atom. The number of carbonyl (C=O) groups is 1. The lowest BCUT2D eigenvalue weighted by atomic mass is 10.0. The number of rotatable bonds is 5. The minimum Gasteiger partial charge on any atom is -0.349 e. The molecule has 1 amide bonds. The van der Waals surface area contributed by atoms with Crippen molar-refractivity contribution in [1.82, 2.24) is 16.0 Å². The smallest absolute Gasteiger partial charge is 0.251 e. The van der Waals surface area contributed by atoms with E-state index in [1.807, 2.05) is 36.4 Å². The summed E-state index contributed by atoms with van der Waals surface area (Å²) in [5.74, 6) is -0.396. The van der Waals surface area contributed by atoms with Crippen LogP contribution in [0.3, 0.4) is 0 Å². The lowest BCUT2D eigenvalue weighted by Gasteiger charge is -2.23. The quantitative estimate of drug-likeness (QED) is 0.647. The van der Waals surface area contributed by atoms with E-state index in [1.54, 1.807) is 12.1 Å². The van der Waals surface area contributed by atoms with Crippen LogP contribution in [-0.2, 0) is 0 Å². The average Bonchev–Trinajstić information content (AvgIpc) is 3.34. The van der Waals surface area contributed by atoms with E-state index in [1.165, 1.54) is 31.7 Å². The molecule has 1 atom stereocenters. The minimum atomic E-state index is -0.440. The molecule has 2 aliphatic rings. The minimum absolute atomic E-state index is 0.0440. The van der Waals surface area contributed by atoms with Gasteiger partial charge in [0.05, 0.1) is 5.56 Å². The molecule has 1 heterocycles. The van der Waals surface area contributed by atoms with E-state index in [0.29, 0.717) is 12.1 Å². The van der Waals surface area contributed by atoms with Crippen LogP contribution >= 0.6 is 0 Å². The molecule has 1 unspecified atom stereocenters. The summed E-state index contributed by atoms with van der Waals surface area (Å²) in [6.07, 6.45) is 7.07. The Balaban J connectivity index is 0.000000182. The Kier molecular flexibility index (Phi) is 9.21. The lowest BCUT2D eigenvalue weighted by Crippen LogP contribution is -2.42. The van der Waals surface area contributed by atoms with E-state index >= 15 is 0 Å². The number of nitriles is 1. The zero-order valence-corrected chi connectivity index (χ0v) is 18.7. The van der Waals surface area contributed by atoms with Crippen molar-refractivity contribution in [2.45, 2.75) is 63.6 Å². The van der Waals surface area contributed by atoms with Gasteiger partial charge in [0, 0.05) is 23.7 Å². The first-order valence-corrected chi connectivity index (χ1v) is 11.6. The zero-order chi connectivity index (χ0) is 22.8. The Morgan fingerprint density at radius 3 is 2.41 bits per heavy atom. The number of hydrogen-bond acceptors (Lipinski definition) is 4. The fraction of sp³-hybridized carbons (Fsp3) is 0.462. The van der Waals surface area contributed by atoms with Gasteiger partial charge >= 0.3 is 0 Å². The molecule has 0 radical (unpaired) electrons. The number of nitrogens with one attached hydrogen (secondary N) is 3. The highest BCUT2D eigenvalue weighted by Gasteiger charge is 2.18. The van der Waals surface area contributed by atoms with E-state index in [-0.39, 0.29) is 17.5 Å². The van der Waals surface area contributed by atoms with Crippen LogP contribution in [0.2, 0.25) is 0 Å². The number of hydrogen-bond donors (Lipinski definition) is 3. The third-order valence-corrected chi connectivity index (χ3v) is 6.16. The Hall–Kier alpha value is -2.75. The number of nitrogens with zero attached hydrogens (tertiary/aromatic N) is 1. The average molecular weight is 437 g/mol. The first-order chi connectivity index (χ1) is 15.6. The topological polar surface area (TPSA) is 77.0 Å². The molecule has 1 saturated carbocycles. The van der Waals surface area contributed by atoms with Crippen molar-refractivity contribution in [3.63, 3.8) is 0 Å². The van der Waals surface area contributed by atoms with E-state index in [0.717, 1.165) is 37.1 Å². The van der Waals surface area contributed by atoms with Crippen LogP contribution in [0.1, 0.15) is 73.0 Å². The second-order valence-corrected chi connectivity index (χ2v) is 8.58. The van der Waals surface area contributed by atoms with Gasteiger partial charge in [-0.2, -0.15) is 5.26 Å². The van der Waals surface area contributed by atoms with Crippen LogP contribution in [0, 0.1) is 17.1 Å². The van der Waals surface area contributed by atoms with Crippen LogP contribution in [0.15, 0.2) is 48.5 Å². The second kappa shape index (κ2) is 12.3. The van der Waals surface area contributed by atoms with Crippen LogP contribution in [0.25, 0.3) is 0 Å². The maximum Gasteiger partial charge on any atom is 0.251 e. The van der Waals surface area contributed by atoms with Gasteiger partial charge < -0.3 is 16.0 Å². The third kappa shape index (κ3) is 7.15. The van der Waals surface area contributed by atoms with Crippen molar-refractivity contribution in [3.05, 3.63) is 71.0 Å². The SMILES string of the molecule is CC(NC1CCCC1)c1ccc(F)c(C#N)c1.O=C(NC1CCNCC1)c1ccccc1. The first-order valence-electron chi connectivity index (χ1n) is 11.6. The zero-order valence-electron chi connectivity index (χ0n) is 18.7. The highest BCUT2D eigenvalue weighted by atomic mass is 19.1. The van der Waals surface area contributed by atoms with Gasteiger partial charge in [0.1, 0.15) is 11.9 Å². The predicted molar refractivity (Wildman–Crippen MR) is 125 cm³/mol. The monoisotopic (exact) mass is 436 g/mol. The summed E-state index contributed by atoms with van der Waals surface area (Å²) in [5, 5.41) is 18.7. The molecule has 6 heteroatoms. The molecule has 1 aliphatic carbocycles. The van der Waals surface area contributed by atoms with Crippen molar-refractivity contribution < 1.29 is 9.18 Å². The summed E-state index contributed by atoms with van der Waals surface area (Å²) in [6.45, 7) is 4.06. The molecule has 2 aromatic rings. The normalized spacial score (nSPS) is 17.7. The van der Waals surface area contributed by atoms with Crippen molar-refractivity contribution in [3.8, 4) is 6.07 Å². The lowest BCUT2D eigenvalue weighted by molar-refractivity contribution is 0.0929. The number of benzene rings is 2. The molecule has 5 nitrogen and oxygen atoms in total. The van der Waals surface area contributed by atoms with Crippen LogP contribution in [-0.4, -0.2) is 31.1 Å². The molecule has 3 N–H and O–H groups in total. The fourth-order valence-electron chi connectivity index (χ4n) is 4.26. The molecular weight excluding hydrogens is 403 g/mol. The summed E-state index contributed by atoms with van der Waals surface area (Å²) >= 11 is 0. The van der Waals surface area contributed by atoms with Crippen molar-refractivity contribution in [2.75, 3.05) is 13.1 Å². The number of carbonyl (C=O) groups excluding carboxylic acids is 1. The molecule has 0 aromatic heterocycles. The second-order valence-electron chi connectivity index (χ2n) is 8.58. The van der Waals surface area contributed by atoms with Gasteiger partial charge in [-0.25, -0.2) is 4.39 Å². The summed E-state index contributed by atoms with van der Waals surface area (Å²) in [5.41, 5.74) is 1.86. The number of piperidine rings is 1. The van der Waals surface area contributed by atoms with Crippen LogP contribution in [0.5, 0.6) is 0 Å². The largest absolute Gasteiger partial charge is 0.349 e. The number of amides is 1. The van der Waals surface area contributed by atoms with Gasteiger partial charge in [-0.05, 0) is 75.5 Å². The van der Waals surface area contributed by atoms with Crippen LogP contribution in [0.4, 0.5) is 4.39 Å². The van der Waals surface area contributed by atoms with Gasteiger partial charge in [-0.1, -0.05) is 37.1 Å². The van der Waals surface area contributed by atoms with Crippen LogP contribution < -0.4 is 16.0 Å². The van der Waals surface area contributed by atoms with Crippen molar-refractivity contribution in [2.24, 2.45) is 0 Å². The molecule has 32 heavy (non-hydrogen) atoms. The predicted octanol–water partition coefficient (Wildman–Crippen LogP) is 4.46. The highest BCUT2D eigenvalue weighted by molar-refractivity contribution is 5.94. The summed E-state index contributed by atoms with van der Waals surface area (Å²) in [6, 6.07) is 17.1. The van der Waals surface area contributed by atoms with Gasteiger partial charge in [0.15, 0.2) is 0 Å². The molecule has 2 fully saturated rings. The maximum absolute atomic E-state index is 13.2. The van der Waals surface area contributed by atoms with E-state index in [9.17, 15) is 9.18 Å². The molecule has 2 aromatic carbocycles. The van der Waals surface area contributed by atoms with Crippen molar-refractivity contribution in [1.29, 1.82) is 5.26 Å². The molecule has 0 spiro atoms. The van der Waals surface area contributed by atoms with Gasteiger partial charge in [-0.3, -0.25) is 4.79 Å². The first kappa shape index (κ1) is 23.9. The Labute approximate surface area is 190 Å². The summed E-state index contributed by atoms with van der Waals surface area (Å²) in [4.78, 5) is 11.8. The standard InChI is InChI=1S/C14H17FN2.C12H16N2O/c1-10(17-13-4-2-3-5-13)11-6-7-14(15)12(8-11)9-16;15-12(10-4-2-1-3-5-10)14-11-6-8-13-9-7-11/h6-8,10,13,17H,2-5H2,1H3;1-5,11,13H,6-9H2,(H,14,15). The molecule has 1 saturated heterocycles. The molecule has 170 valence electrons. The Morgan fingerprint density at radius 2 is 1.75 bits per heavy atom. The highest BCUT2D eigenvalue weighted by Crippen LogP contribution is 2.23. The van der Waals surface area contributed by atoms with Crippen molar-refractivity contribution >= 4 is 5.91 Å². The summed E-state index contributed by atoms with van der Waals surface area (Å²) < 4.78 is 13.2. The maximum atomic E-state index is 13.2. The molecule has 1 aliphatic heterocycles. The molecular formula is C26H33FN4O. The summed E-state index contributed by atoms with van der Waals surface area (Å²) in [7, 11) is 0. The third-order valence-electron chi connectivity index (χ3n) is 6.16. The molecule has 4 rings (SSSR count). The van der Waals surface area contributed by atoms with Gasteiger partial charge in [0.2, 0.25) is 0 Å². The number of halogens is 1. The Bertz CT molecular complexity index is 900. The van der Waals surface area contributed by atoms with Gasteiger partial charge in [-0.15, -0.1) is 0 Å². The fourth-order valence-corrected chi connectivity index (χ4v) is 4.26. The van der Waals surface area contributed by atoms with E-state index in [4.69, 9.17) is 5.26 Å². The molecule has 0 bridgehead atoms.